The molecule has 0 aliphatic rings. The molecule has 0 heteroatoms. The molecule has 0 bridgehead atoms. The van der Waals surface area contributed by atoms with E-state index in [1.807, 2.05) is 0 Å². The number of allylic oxidation sites excluding steroid dienone is 5. The monoisotopic (exact) mass is 192 g/mol. The molecule has 0 radical (unpaired) electrons. The van der Waals surface area contributed by atoms with Crippen LogP contribution in [0.5, 0.6) is 0 Å². The fourth-order valence-electron chi connectivity index (χ4n) is 1.33. The topological polar surface area (TPSA) is 0 Å². The molecule has 14 heavy (non-hydrogen) atoms. The summed E-state index contributed by atoms with van der Waals surface area (Å²) < 4.78 is 0. The molecule has 0 aromatic rings. The number of hydrogen-bond donors (Lipinski definition) is 0. The predicted molar refractivity (Wildman–Crippen MR) is 66.5 cm³/mol. The van der Waals surface area contributed by atoms with Crippen LogP contribution in [0.25, 0.3) is 0 Å². The molecule has 0 aliphatic carbocycles. The standard InChI is InChI=1S/C14H24/c1-5-8-9-10-13(4)11-12-14(6-2)7-3/h6,11-12H,4-5,7-10H2,1-3H3/b12-11-,14-6-. The summed E-state index contributed by atoms with van der Waals surface area (Å²) >= 11 is 0. The molecule has 0 saturated heterocycles. The number of rotatable bonds is 7. The molecular weight excluding hydrogens is 168 g/mol. The Morgan fingerprint density at radius 1 is 1.14 bits per heavy atom. The first kappa shape index (κ1) is 13.2. The maximum atomic E-state index is 4.05. The van der Waals surface area contributed by atoms with E-state index >= 15 is 0 Å². The first-order valence-electron chi connectivity index (χ1n) is 5.75. The van der Waals surface area contributed by atoms with Gasteiger partial charge in [0.05, 0.1) is 0 Å². The second kappa shape index (κ2) is 8.80. The minimum Gasteiger partial charge on any atom is -0.0958 e. The summed E-state index contributed by atoms with van der Waals surface area (Å²) in [5.74, 6) is 0. The maximum Gasteiger partial charge on any atom is -0.0285 e. The quantitative estimate of drug-likeness (QED) is 0.392. The molecule has 0 aromatic carbocycles. The summed E-state index contributed by atoms with van der Waals surface area (Å²) in [7, 11) is 0. The van der Waals surface area contributed by atoms with Crippen LogP contribution in [-0.2, 0) is 0 Å². The van der Waals surface area contributed by atoms with Gasteiger partial charge in [-0.2, -0.15) is 0 Å². The Morgan fingerprint density at radius 3 is 2.36 bits per heavy atom. The molecule has 80 valence electrons. The second-order valence-corrected chi connectivity index (χ2v) is 3.67. The van der Waals surface area contributed by atoms with Gasteiger partial charge in [0.2, 0.25) is 0 Å². The highest BCUT2D eigenvalue weighted by Gasteiger charge is 1.90. The van der Waals surface area contributed by atoms with Crippen LogP contribution in [-0.4, -0.2) is 0 Å². The van der Waals surface area contributed by atoms with Crippen molar-refractivity contribution in [1.82, 2.24) is 0 Å². The van der Waals surface area contributed by atoms with Crippen molar-refractivity contribution in [3.05, 3.63) is 36.0 Å². The highest BCUT2D eigenvalue weighted by molar-refractivity contribution is 5.25. The van der Waals surface area contributed by atoms with Gasteiger partial charge in [0.1, 0.15) is 0 Å². The minimum absolute atomic E-state index is 1.11. The van der Waals surface area contributed by atoms with Gasteiger partial charge in [-0.3, -0.25) is 0 Å². The lowest BCUT2D eigenvalue weighted by Gasteiger charge is -1.99. The second-order valence-electron chi connectivity index (χ2n) is 3.67. The van der Waals surface area contributed by atoms with E-state index < -0.39 is 0 Å². The van der Waals surface area contributed by atoms with Crippen molar-refractivity contribution >= 4 is 0 Å². The molecule has 0 N–H and O–H groups in total. The molecule has 0 aromatic heterocycles. The third kappa shape index (κ3) is 6.71. The third-order valence-electron chi connectivity index (χ3n) is 2.41. The Hall–Kier alpha value is -0.780. The van der Waals surface area contributed by atoms with Crippen LogP contribution >= 0.6 is 0 Å². The largest absolute Gasteiger partial charge is 0.0958 e. The van der Waals surface area contributed by atoms with Crippen molar-refractivity contribution in [3.8, 4) is 0 Å². The first-order chi connectivity index (χ1) is 6.74. The van der Waals surface area contributed by atoms with E-state index in [0.717, 1.165) is 12.8 Å². The fourth-order valence-corrected chi connectivity index (χ4v) is 1.33. The molecule has 0 atom stereocenters. The average Bonchev–Trinajstić information content (AvgIpc) is 2.20. The molecule has 0 fully saturated rings. The molecule has 0 heterocycles. The lowest BCUT2D eigenvalue weighted by Crippen LogP contribution is -1.79. The molecule has 0 saturated carbocycles. The molecule has 0 amide bonds. The van der Waals surface area contributed by atoms with E-state index in [1.54, 1.807) is 0 Å². The van der Waals surface area contributed by atoms with Crippen molar-refractivity contribution in [2.75, 3.05) is 0 Å². The zero-order chi connectivity index (χ0) is 10.8. The lowest BCUT2D eigenvalue weighted by atomic mass is 10.1. The molecule has 0 unspecified atom stereocenters. The molecule has 0 aliphatic heterocycles. The SMILES string of the molecule is C=C(/C=C\C(=C/C)CC)CCCCC. The van der Waals surface area contributed by atoms with E-state index in [0.29, 0.717) is 0 Å². The van der Waals surface area contributed by atoms with Gasteiger partial charge in [0.15, 0.2) is 0 Å². The fraction of sp³-hybridized carbons (Fsp3) is 0.571. The van der Waals surface area contributed by atoms with Crippen molar-refractivity contribution in [3.63, 3.8) is 0 Å². The van der Waals surface area contributed by atoms with Crippen molar-refractivity contribution in [2.45, 2.75) is 52.9 Å². The van der Waals surface area contributed by atoms with E-state index in [4.69, 9.17) is 0 Å². The highest BCUT2D eigenvalue weighted by atomic mass is 14.0. The van der Waals surface area contributed by atoms with Gasteiger partial charge >= 0.3 is 0 Å². The summed E-state index contributed by atoms with van der Waals surface area (Å²) in [6.45, 7) is 10.5. The molecule has 0 nitrogen and oxygen atoms in total. The summed E-state index contributed by atoms with van der Waals surface area (Å²) in [6.07, 6.45) is 12.6. The minimum atomic E-state index is 1.11. The molecule has 0 spiro atoms. The predicted octanol–water partition coefficient (Wildman–Crippen LogP) is 5.04. The Balaban J connectivity index is 3.81. The summed E-state index contributed by atoms with van der Waals surface area (Å²) in [6, 6.07) is 0. The van der Waals surface area contributed by atoms with Gasteiger partial charge in [-0.15, -0.1) is 0 Å². The van der Waals surface area contributed by atoms with Crippen LogP contribution < -0.4 is 0 Å². The van der Waals surface area contributed by atoms with Gasteiger partial charge in [0, 0.05) is 0 Å². The van der Waals surface area contributed by atoms with Gasteiger partial charge in [-0.05, 0) is 26.2 Å². The van der Waals surface area contributed by atoms with Crippen LogP contribution in [0.3, 0.4) is 0 Å². The zero-order valence-electron chi connectivity index (χ0n) is 9.97. The highest BCUT2D eigenvalue weighted by Crippen LogP contribution is 2.10. The van der Waals surface area contributed by atoms with E-state index in [2.05, 4.69) is 45.6 Å². The van der Waals surface area contributed by atoms with Gasteiger partial charge in [-0.1, -0.05) is 62.6 Å². The summed E-state index contributed by atoms with van der Waals surface area (Å²) in [4.78, 5) is 0. The smallest absolute Gasteiger partial charge is 0.0285 e. The van der Waals surface area contributed by atoms with Crippen LogP contribution in [0.2, 0.25) is 0 Å². The normalized spacial score (nSPS) is 12.4. The average molecular weight is 192 g/mol. The lowest BCUT2D eigenvalue weighted by molar-refractivity contribution is 0.720. The molecule has 0 rings (SSSR count). The van der Waals surface area contributed by atoms with E-state index in [-0.39, 0.29) is 0 Å². The van der Waals surface area contributed by atoms with Crippen LogP contribution in [0, 0.1) is 0 Å². The Kier molecular flexibility index (Phi) is 8.31. The summed E-state index contributed by atoms with van der Waals surface area (Å²) in [5.41, 5.74) is 2.65. The Bertz CT molecular complexity index is 206. The summed E-state index contributed by atoms with van der Waals surface area (Å²) in [5, 5.41) is 0. The Labute approximate surface area is 89.4 Å². The number of hydrogen-bond acceptors (Lipinski definition) is 0. The van der Waals surface area contributed by atoms with Crippen LogP contribution in [0.15, 0.2) is 36.0 Å². The number of unbranched alkanes of at least 4 members (excludes halogenated alkanes) is 2. The van der Waals surface area contributed by atoms with Crippen molar-refractivity contribution in [2.24, 2.45) is 0 Å². The Morgan fingerprint density at radius 2 is 1.86 bits per heavy atom. The van der Waals surface area contributed by atoms with Gasteiger partial charge < -0.3 is 0 Å². The maximum absolute atomic E-state index is 4.05. The zero-order valence-corrected chi connectivity index (χ0v) is 9.97. The van der Waals surface area contributed by atoms with Crippen molar-refractivity contribution in [1.29, 1.82) is 0 Å². The van der Waals surface area contributed by atoms with Crippen molar-refractivity contribution < 1.29 is 0 Å². The van der Waals surface area contributed by atoms with E-state index in [1.165, 1.54) is 30.4 Å². The van der Waals surface area contributed by atoms with Crippen LogP contribution in [0.4, 0.5) is 0 Å². The van der Waals surface area contributed by atoms with E-state index in [9.17, 15) is 0 Å². The first-order valence-corrected chi connectivity index (χ1v) is 5.75. The van der Waals surface area contributed by atoms with Crippen LogP contribution in [0.1, 0.15) is 52.9 Å². The van der Waals surface area contributed by atoms with Gasteiger partial charge in [0.25, 0.3) is 0 Å². The van der Waals surface area contributed by atoms with Gasteiger partial charge in [-0.25, -0.2) is 0 Å². The third-order valence-corrected chi connectivity index (χ3v) is 2.41. The molecular formula is C14H24.